The molecule has 1 aromatic rings. The molecule has 0 radical (unpaired) electrons. The molecule has 0 saturated carbocycles. The Hall–Kier alpha value is -1.07. The maximum absolute atomic E-state index is 15.0. The van der Waals surface area contributed by atoms with Crippen LogP contribution in [-0.2, 0) is 19.3 Å². The summed E-state index contributed by atoms with van der Waals surface area (Å²) in [7, 11) is -4.13. The molecule has 2 fully saturated rings. The molecule has 0 bridgehead atoms. The van der Waals surface area contributed by atoms with Crippen molar-refractivity contribution in [2.24, 2.45) is 0 Å². The van der Waals surface area contributed by atoms with Crippen LogP contribution in [0.25, 0.3) is 0 Å². The molecule has 0 aliphatic carbocycles. The second kappa shape index (κ2) is 8.30. The average Bonchev–Trinajstić information content (AvgIpc) is 2.65. The number of nitrogens with zero attached hydrogens (tertiary/aromatic N) is 3. The zero-order chi connectivity index (χ0) is 18.7. The predicted molar refractivity (Wildman–Crippen MR) is 91.5 cm³/mol. The molecule has 146 valence electrons. The highest BCUT2D eigenvalue weighted by atomic mass is 35.5. The molecule has 0 aromatic carbocycles. The first-order valence-electron chi connectivity index (χ1n) is 8.30. The van der Waals surface area contributed by atoms with Gasteiger partial charge in [0.15, 0.2) is 21.5 Å². The van der Waals surface area contributed by atoms with Crippen LogP contribution in [0.1, 0.15) is 0 Å². The molecule has 7 nitrogen and oxygen atoms in total. The van der Waals surface area contributed by atoms with Crippen LogP contribution < -0.4 is 4.90 Å². The number of hydrogen-bond donors (Lipinski definition) is 0. The van der Waals surface area contributed by atoms with Crippen LogP contribution >= 0.6 is 11.6 Å². The third-order valence-corrected chi connectivity index (χ3v) is 6.56. The zero-order valence-corrected chi connectivity index (χ0v) is 15.7. The van der Waals surface area contributed by atoms with E-state index in [1.807, 2.05) is 4.90 Å². The van der Waals surface area contributed by atoms with Gasteiger partial charge in [-0.15, -0.1) is 0 Å². The van der Waals surface area contributed by atoms with Gasteiger partial charge in [0.2, 0.25) is 5.95 Å². The average molecular weight is 412 g/mol. The second-order valence-electron chi connectivity index (χ2n) is 6.06. The minimum atomic E-state index is -4.13. The predicted octanol–water partition coefficient (Wildman–Crippen LogP) is 0.956. The molecule has 2 aliphatic rings. The van der Waals surface area contributed by atoms with Gasteiger partial charge in [-0.05, 0) is 0 Å². The number of sulfone groups is 1. The van der Waals surface area contributed by atoms with Gasteiger partial charge in [-0.3, -0.25) is 4.90 Å². The number of anilines is 1. The van der Waals surface area contributed by atoms with Crippen molar-refractivity contribution in [3.63, 3.8) is 0 Å². The SMILES string of the molecule is O=S(=O)(CCN1CCOCC1)c1c(F)c(N2CCOCC2)nc(F)c1Cl. The summed E-state index contributed by atoms with van der Waals surface area (Å²) in [4.78, 5) is 6.06. The number of aromatic nitrogens is 1. The summed E-state index contributed by atoms with van der Waals surface area (Å²) in [6.07, 6.45) is 0. The van der Waals surface area contributed by atoms with E-state index in [1.165, 1.54) is 4.90 Å². The fourth-order valence-corrected chi connectivity index (χ4v) is 4.82. The largest absolute Gasteiger partial charge is 0.379 e. The van der Waals surface area contributed by atoms with E-state index in [4.69, 9.17) is 21.1 Å². The Morgan fingerprint density at radius 1 is 1.04 bits per heavy atom. The minimum Gasteiger partial charge on any atom is -0.379 e. The number of hydrogen-bond acceptors (Lipinski definition) is 7. The summed E-state index contributed by atoms with van der Waals surface area (Å²) in [5, 5.41) is -0.804. The van der Waals surface area contributed by atoms with Crippen molar-refractivity contribution in [2.45, 2.75) is 4.90 Å². The molecule has 0 atom stereocenters. The normalized spacial score (nSPS) is 19.7. The Balaban J connectivity index is 1.88. The number of morpholine rings is 2. The van der Waals surface area contributed by atoms with E-state index in [0.717, 1.165) is 0 Å². The quantitative estimate of drug-likeness (QED) is 0.668. The van der Waals surface area contributed by atoms with Gasteiger partial charge in [0.05, 0.1) is 32.2 Å². The van der Waals surface area contributed by atoms with Crippen molar-refractivity contribution in [3.05, 3.63) is 16.8 Å². The second-order valence-corrected chi connectivity index (χ2v) is 8.48. The summed E-state index contributed by atoms with van der Waals surface area (Å²) in [6, 6.07) is 0. The minimum absolute atomic E-state index is 0.193. The Bertz CT molecular complexity index is 754. The third kappa shape index (κ3) is 4.25. The van der Waals surface area contributed by atoms with E-state index in [2.05, 4.69) is 4.98 Å². The highest BCUT2D eigenvalue weighted by Gasteiger charge is 2.32. The monoisotopic (exact) mass is 411 g/mol. The van der Waals surface area contributed by atoms with Gasteiger partial charge in [-0.1, -0.05) is 11.6 Å². The van der Waals surface area contributed by atoms with E-state index >= 15 is 0 Å². The van der Waals surface area contributed by atoms with Crippen molar-refractivity contribution < 1.29 is 26.7 Å². The molecule has 2 aliphatic heterocycles. The Labute approximate surface area is 155 Å². The summed E-state index contributed by atoms with van der Waals surface area (Å²) in [6.45, 7) is 3.63. The highest BCUT2D eigenvalue weighted by molar-refractivity contribution is 7.91. The van der Waals surface area contributed by atoms with Crippen LogP contribution in [0.15, 0.2) is 4.90 Å². The number of halogens is 3. The van der Waals surface area contributed by atoms with Crippen LogP contribution in [0.3, 0.4) is 0 Å². The van der Waals surface area contributed by atoms with Crippen LogP contribution in [0.4, 0.5) is 14.6 Å². The van der Waals surface area contributed by atoms with Crippen LogP contribution in [0.5, 0.6) is 0 Å². The van der Waals surface area contributed by atoms with Gasteiger partial charge in [-0.2, -0.15) is 9.37 Å². The van der Waals surface area contributed by atoms with E-state index in [1.54, 1.807) is 0 Å². The molecule has 26 heavy (non-hydrogen) atoms. The van der Waals surface area contributed by atoms with E-state index < -0.39 is 31.5 Å². The van der Waals surface area contributed by atoms with Crippen LogP contribution in [0, 0.1) is 11.8 Å². The topological polar surface area (TPSA) is 72.0 Å². The smallest absolute Gasteiger partial charge is 0.235 e. The van der Waals surface area contributed by atoms with Gasteiger partial charge >= 0.3 is 0 Å². The molecule has 1 aromatic heterocycles. The van der Waals surface area contributed by atoms with Crippen molar-refractivity contribution in [1.29, 1.82) is 0 Å². The third-order valence-electron chi connectivity index (χ3n) is 4.38. The Kier molecular flexibility index (Phi) is 6.29. The van der Waals surface area contributed by atoms with Crippen LogP contribution in [-0.4, -0.2) is 83.2 Å². The molecule has 2 saturated heterocycles. The fourth-order valence-electron chi connectivity index (χ4n) is 2.92. The van der Waals surface area contributed by atoms with Crippen molar-refractivity contribution in [1.82, 2.24) is 9.88 Å². The Morgan fingerprint density at radius 2 is 1.62 bits per heavy atom. The maximum atomic E-state index is 15.0. The molecular formula is C15H20ClF2N3O4S. The lowest BCUT2D eigenvalue weighted by molar-refractivity contribution is 0.0408. The van der Waals surface area contributed by atoms with Gasteiger partial charge < -0.3 is 14.4 Å². The lowest BCUT2D eigenvalue weighted by Gasteiger charge is -2.29. The molecule has 11 heteroatoms. The van der Waals surface area contributed by atoms with E-state index in [-0.39, 0.29) is 31.2 Å². The van der Waals surface area contributed by atoms with Gasteiger partial charge in [-0.25, -0.2) is 12.8 Å². The highest BCUT2D eigenvalue weighted by Crippen LogP contribution is 2.33. The molecule has 3 rings (SSSR count). The van der Waals surface area contributed by atoms with Gasteiger partial charge in [0.1, 0.15) is 9.92 Å². The van der Waals surface area contributed by atoms with Crippen molar-refractivity contribution in [3.8, 4) is 0 Å². The summed E-state index contributed by atoms with van der Waals surface area (Å²) in [5.41, 5.74) is 0. The first-order valence-corrected chi connectivity index (χ1v) is 10.3. The van der Waals surface area contributed by atoms with Gasteiger partial charge in [0, 0.05) is 32.7 Å². The van der Waals surface area contributed by atoms with Gasteiger partial charge in [0.25, 0.3) is 0 Å². The van der Waals surface area contributed by atoms with E-state index in [9.17, 15) is 17.2 Å². The molecule has 0 unspecified atom stereocenters. The Morgan fingerprint density at radius 3 is 2.23 bits per heavy atom. The zero-order valence-electron chi connectivity index (χ0n) is 14.1. The summed E-state index contributed by atoms with van der Waals surface area (Å²) < 4.78 is 64.8. The first kappa shape index (κ1) is 19.7. The van der Waals surface area contributed by atoms with Crippen molar-refractivity contribution in [2.75, 3.05) is 69.8 Å². The molecule has 3 heterocycles. The van der Waals surface area contributed by atoms with Crippen molar-refractivity contribution >= 4 is 27.3 Å². The molecular weight excluding hydrogens is 392 g/mol. The van der Waals surface area contributed by atoms with E-state index in [0.29, 0.717) is 39.5 Å². The summed E-state index contributed by atoms with van der Waals surface area (Å²) >= 11 is 5.78. The number of pyridine rings is 1. The summed E-state index contributed by atoms with van der Waals surface area (Å²) in [5.74, 6) is -3.02. The number of rotatable bonds is 5. The fraction of sp³-hybridized carbons (Fsp3) is 0.667. The first-order chi connectivity index (χ1) is 12.4. The lowest BCUT2D eigenvalue weighted by atomic mass is 10.3. The molecule has 0 amide bonds. The number of ether oxygens (including phenoxy) is 2. The standard InChI is InChI=1S/C15H20ClF2N3O4S/c16-11-13(26(22,23)10-5-20-1-6-24-7-2-20)12(17)15(19-14(11)18)21-3-8-25-9-4-21/h1-10H2. The van der Waals surface area contributed by atoms with Crippen LogP contribution in [0.2, 0.25) is 5.02 Å². The molecule has 0 spiro atoms. The molecule has 0 N–H and O–H groups in total. The lowest BCUT2D eigenvalue weighted by Crippen LogP contribution is -2.39. The maximum Gasteiger partial charge on any atom is 0.235 e.